The molecule has 0 aliphatic heterocycles. The topological polar surface area (TPSA) is 55.2 Å². The monoisotopic (exact) mass is 397 g/mol. The summed E-state index contributed by atoms with van der Waals surface area (Å²) in [4.78, 5) is 4.44. The maximum Gasteiger partial charge on any atom is 0.321 e. The molecule has 0 saturated carbocycles. The van der Waals surface area contributed by atoms with Gasteiger partial charge in [-0.3, -0.25) is 4.57 Å². The first-order valence-corrected chi connectivity index (χ1v) is 10.1. The smallest absolute Gasteiger partial charge is 0.261 e. The Morgan fingerprint density at radius 3 is 2.58 bits per heavy atom. The molecule has 1 heterocycles. The van der Waals surface area contributed by atoms with Gasteiger partial charge in [0.15, 0.2) is 5.16 Å². The fourth-order valence-corrected chi connectivity index (χ4v) is 4.40. The summed E-state index contributed by atoms with van der Waals surface area (Å²) in [5.41, 5.74) is 1.58. The van der Waals surface area contributed by atoms with Crippen molar-refractivity contribution in [3.05, 3.63) is 54.1 Å². The van der Waals surface area contributed by atoms with Crippen molar-refractivity contribution in [3.63, 3.8) is 0 Å². The molecule has 5 nitrogen and oxygen atoms in total. The molecule has 138 valence electrons. The third kappa shape index (κ3) is 3.60. The quantitative estimate of drug-likeness (QED) is 0.591. The average Bonchev–Trinajstić information content (AvgIpc) is 2.98. The van der Waals surface area contributed by atoms with E-state index in [0.717, 1.165) is 20.6 Å². The molecule has 0 spiro atoms. The van der Waals surface area contributed by atoms with Gasteiger partial charge in [0.05, 0.1) is 15.9 Å². The Balaban J connectivity index is 1.89. The number of alkyl halides is 2. The van der Waals surface area contributed by atoms with Crippen molar-refractivity contribution in [1.82, 2.24) is 13.9 Å². The predicted octanol–water partition coefficient (Wildman–Crippen LogP) is 3.97. The molecule has 0 atom stereocenters. The largest absolute Gasteiger partial charge is 0.321 e. The van der Waals surface area contributed by atoms with Crippen molar-refractivity contribution in [3.8, 4) is 0 Å². The second-order valence-electron chi connectivity index (χ2n) is 5.75. The highest BCUT2D eigenvalue weighted by Crippen LogP contribution is 2.31. The molecule has 0 aliphatic carbocycles. The number of imidazole rings is 1. The lowest BCUT2D eigenvalue weighted by Gasteiger charge is -2.12. The molecule has 0 amide bonds. The van der Waals surface area contributed by atoms with Gasteiger partial charge in [-0.05, 0) is 29.8 Å². The van der Waals surface area contributed by atoms with E-state index in [4.69, 9.17) is 0 Å². The van der Waals surface area contributed by atoms with Crippen LogP contribution < -0.4 is 0 Å². The molecule has 3 rings (SSSR count). The van der Waals surface area contributed by atoms with Gasteiger partial charge >= 0.3 is 6.55 Å². The molecular weight excluding hydrogens is 380 g/mol. The Kier molecular flexibility index (Phi) is 5.31. The Labute approximate surface area is 154 Å². The first-order chi connectivity index (χ1) is 12.3. The third-order valence-electron chi connectivity index (χ3n) is 3.80. The summed E-state index contributed by atoms with van der Waals surface area (Å²) in [5.74, 6) is 0.326. The molecule has 1 aromatic heterocycles. The van der Waals surface area contributed by atoms with Crippen molar-refractivity contribution in [2.24, 2.45) is 0 Å². The van der Waals surface area contributed by atoms with E-state index in [1.54, 1.807) is 42.5 Å². The fourth-order valence-electron chi connectivity index (χ4n) is 2.47. The summed E-state index contributed by atoms with van der Waals surface area (Å²) in [6.07, 6.45) is 0. The molecule has 3 aromatic rings. The van der Waals surface area contributed by atoms with Gasteiger partial charge in [-0.1, -0.05) is 36.0 Å². The molecular formula is C17H17F2N3O2S2. The molecule has 26 heavy (non-hydrogen) atoms. The molecule has 0 radical (unpaired) electrons. The Bertz CT molecular complexity index is 1030. The number of fused-ring (bicyclic) bond motifs is 1. The van der Waals surface area contributed by atoms with E-state index in [9.17, 15) is 17.2 Å². The number of aromatic nitrogens is 2. The highest BCUT2D eigenvalue weighted by molar-refractivity contribution is 7.98. The standard InChI is InChI=1S/C17H17F2N3O2S2/c1-21(2)26(23,24)13-7-5-6-12(10-13)11-25-17-20-14-8-3-4-9-15(14)22(17)16(18)19/h3-10,16H,11H2,1-2H3. The maximum atomic E-state index is 13.5. The van der Waals surface area contributed by atoms with Crippen LogP contribution in [0.25, 0.3) is 11.0 Å². The van der Waals surface area contributed by atoms with E-state index in [0.29, 0.717) is 22.3 Å². The molecule has 0 unspecified atom stereocenters. The van der Waals surface area contributed by atoms with Crippen LogP contribution in [0.3, 0.4) is 0 Å². The van der Waals surface area contributed by atoms with Crippen LogP contribution in [-0.2, 0) is 15.8 Å². The highest BCUT2D eigenvalue weighted by atomic mass is 32.2. The summed E-state index contributed by atoms with van der Waals surface area (Å²) in [7, 11) is -0.621. The van der Waals surface area contributed by atoms with Gasteiger partial charge in [-0.15, -0.1) is 0 Å². The Hall–Kier alpha value is -1.97. The van der Waals surface area contributed by atoms with Crippen molar-refractivity contribution in [1.29, 1.82) is 0 Å². The zero-order chi connectivity index (χ0) is 18.9. The van der Waals surface area contributed by atoms with E-state index in [1.807, 2.05) is 0 Å². The maximum absolute atomic E-state index is 13.5. The van der Waals surface area contributed by atoms with E-state index in [2.05, 4.69) is 4.98 Å². The van der Waals surface area contributed by atoms with E-state index in [-0.39, 0.29) is 10.1 Å². The van der Waals surface area contributed by atoms with E-state index >= 15 is 0 Å². The number of para-hydroxylation sites is 2. The average molecular weight is 397 g/mol. The molecule has 0 bridgehead atoms. The summed E-state index contributed by atoms with van der Waals surface area (Å²) in [6.45, 7) is -2.70. The third-order valence-corrected chi connectivity index (χ3v) is 6.64. The summed E-state index contributed by atoms with van der Waals surface area (Å²) in [5, 5.41) is 0.196. The fraction of sp³-hybridized carbons (Fsp3) is 0.235. The van der Waals surface area contributed by atoms with Gasteiger partial charge in [-0.2, -0.15) is 8.78 Å². The lowest BCUT2D eigenvalue weighted by atomic mass is 10.2. The number of thioether (sulfide) groups is 1. The van der Waals surface area contributed by atoms with Crippen LogP contribution in [-0.4, -0.2) is 36.4 Å². The van der Waals surface area contributed by atoms with Crippen LogP contribution >= 0.6 is 11.8 Å². The summed E-state index contributed by atoms with van der Waals surface area (Å²) < 4.78 is 53.4. The number of rotatable bonds is 6. The highest BCUT2D eigenvalue weighted by Gasteiger charge is 2.19. The predicted molar refractivity (Wildman–Crippen MR) is 97.9 cm³/mol. The van der Waals surface area contributed by atoms with Crippen molar-refractivity contribution >= 4 is 32.8 Å². The van der Waals surface area contributed by atoms with Crippen LogP contribution in [0.4, 0.5) is 8.78 Å². The molecule has 0 fully saturated rings. The second-order valence-corrected chi connectivity index (χ2v) is 8.85. The number of hydrogen-bond acceptors (Lipinski definition) is 4. The van der Waals surface area contributed by atoms with Crippen LogP contribution in [0.5, 0.6) is 0 Å². The number of halogens is 2. The second kappa shape index (κ2) is 7.34. The minimum atomic E-state index is -3.54. The minimum Gasteiger partial charge on any atom is -0.261 e. The number of sulfonamides is 1. The van der Waals surface area contributed by atoms with Crippen LogP contribution in [0.1, 0.15) is 12.1 Å². The summed E-state index contributed by atoms with van der Waals surface area (Å²) >= 11 is 1.15. The molecule has 0 N–H and O–H groups in total. The first-order valence-electron chi connectivity index (χ1n) is 7.70. The zero-order valence-corrected chi connectivity index (χ0v) is 15.8. The van der Waals surface area contributed by atoms with E-state index in [1.165, 1.54) is 20.2 Å². The van der Waals surface area contributed by atoms with Crippen LogP contribution in [0, 0.1) is 0 Å². The van der Waals surface area contributed by atoms with Crippen LogP contribution in [0.15, 0.2) is 58.6 Å². The minimum absolute atomic E-state index is 0.169. The summed E-state index contributed by atoms with van der Waals surface area (Å²) in [6, 6.07) is 13.2. The first kappa shape index (κ1) is 18.8. The lowest BCUT2D eigenvalue weighted by Crippen LogP contribution is -2.22. The van der Waals surface area contributed by atoms with Gasteiger partial charge in [0.2, 0.25) is 10.0 Å². The Morgan fingerprint density at radius 2 is 1.88 bits per heavy atom. The van der Waals surface area contributed by atoms with E-state index < -0.39 is 16.6 Å². The van der Waals surface area contributed by atoms with Crippen molar-refractivity contribution in [2.75, 3.05) is 14.1 Å². The van der Waals surface area contributed by atoms with Gasteiger partial charge < -0.3 is 0 Å². The van der Waals surface area contributed by atoms with Crippen LogP contribution in [0.2, 0.25) is 0 Å². The molecule has 0 aliphatic rings. The van der Waals surface area contributed by atoms with Crippen molar-refractivity contribution < 1.29 is 17.2 Å². The molecule has 2 aromatic carbocycles. The van der Waals surface area contributed by atoms with Gasteiger partial charge in [-0.25, -0.2) is 17.7 Å². The number of benzene rings is 2. The number of hydrogen-bond donors (Lipinski definition) is 0. The van der Waals surface area contributed by atoms with Gasteiger partial charge in [0, 0.05) is 19.8 Å². The molecule has 9 heteroatoms. The zero-order valence-electron chi connectivity index (χ0n) is 14.1. The number of nitrogens with zero attached hydrogens (tertiary/aromatic N) is 3. The Morgan fingerprint density at radius 1 is 1.15 bits per heavy atom. The van der Waals surface area contributed by atoms with Gasteiger partial charge in [0.25, 0.3) is 0 Å². The van der Waals surface area contributed by atoms with Crippen molar-refractivity contribution in [2.45, 2.75) is 22.4 Å². The van der Waals surface area contributed by atoms with Gasteiger partial charge in [0.1, 0.15) is 0 Å². The SMILES string of the molecule is CN(C)S(=O)(=O)c1cccc(CSc2nc3ccccc3n2C(F)F)c1. The lowest BCUT2D eigenvalue weighted by molar-refractivity contribution is 0.0656. The normalized spacial score (nSPS) is 12.4. The molecule has 0 saturated heterocycles.